The van der Waals surface area contributed by atoms with E-state index in [1.54, 1.807) is 6.07 Å². The van der Waals surface area contributed by atoms with Gasteiger partial charge < -0.3 is 14.6 Å². The molecule has 0 aliphatic carbocycles. The Labute approximate surface area is 103 Å². The van der Waals surface area contributed by atoms with Crippen molar-refractivity contribution in [1.82, 2.24) is 0 Å². The van der Waals surface area contributed by atoms with Crippen molar-refractivity contribution in [2.75, 3.05) is 6.61 Å². The summed E-state index contributed by atoms with van der Waals surface area (Å²) >= 11 is 0. The van der Waals surface area contributed by atoms with Gasteiger partial charge in [-0.3, -0.25) is 9.59 Å². The Morgan fingerprint density at radius 3 is 2.50 bits per heavy atom. The molecule has 0 aliphatic heterocycles. The molecule has 0 spiro atoms. The molecule has 1 rings (SSSR count). The van der Waals surface area contributed by atoms with Gasteiger partial charge in [0.25, 0.3) is 0 Å². The standard InChI is InChI=1S/C12H12O6/c1-8(13)17-7-6-11(14)18-10-5-3-2-4-9(10)12(15)16/h2-5H,6-7H2,1H3,(H,15,16). The molecule has 0 unspecified atom stereocenters. The van der Waals surface area contributed by atoms with E-state index in [0.29, 0.717) is 0 Å². The zero-order valence-electron chi connectivity index (χ0n) is 9.71. The molecule has 0 saturated carbocycles. The predicted octanol–water partition coefficient (Wildman–Crippen LogP) is 1.24. The maximum absolute atomic E-state index is 11.4. The molecule has 0 bridgehead atoms. The molecule has 0 radical (unpaired) electrons. The fourth-order valence-electron chi connectivity index (χ4n) is 1.18. The minimum Gasteiger partial charge on any atom is -0.478 e. The van der Waals surface area contributed by atoms with Gasteiger partial charge in [0.05, 0.1) is 6.42 Å². The minimum atomic E-state index is -1.18. The minimum absolute atomic E-state index is 0.0298. The average molecular weight is 252 g/mol. The molecule has 0 saturated heterocycles. The molecule has 0 aromatic heterocycles. The molecule has 1 N–H and O–H groups in total. The second-order valence-electron chi connectivity index (χ2n) is 3.37. The molecule has 0 atom stereocenters. The number of para-hydroxylation sites is 1. The first-order chi connectivity index (χ1) is 8.50. The van der Waals surface area contributed by atoms with Crippen LogP contribution in [0.5, 0.6) is 5.75 Å². The molecular formula is C12H12O6. The summed E-state index contributed by atoms with van der Waals surface area (Å²) in [6.07, 6.45) is -0.131. The monoisotopic (exact) mass is 252 g/mol. The molecule has 0 amide bonds. The van der Waals surface area contributed by atoms with E-state index >= 15 is 0 Å². The third-order valence-electron chi connectivity index (χ3n) is 1.95. The van der Waals surface area contributed by atoms with Gasteiger partial charge in [-0.2, -0.15) is 0 Å². The SMILES string of the molecule is CC(=O)OCCC(=O)Oc1ccccc1C(=O)O. The van der Waals surface area contributed by atoms with Crippen molar-refractivity contribution in [3.05, 3.63) is 29.8 Å². The number of carbonyl (C=O) groups is 3. The Hall–Kier alpha value is -2.37. The number of hydrogen-bond donors (Lipinski definition) is 1. The van der Waals surface area contributed by atoms with Crippen molar-refractivity contribution in [3.63, 3.8) is 0 Å². The first-order valence-electron chi connectivity index (χ1n) is 5.17. The largest absolute Gasteiger partial charge is 0.478 e. The van der Waals surface area contributed by atoms with Gasteiger partial charge in [0.15, 0.2) is 0 Å². The van der Waals surface area contributed by atoms with E-state index in [2.05, 4.69) is 4.74 Å². The molecule has 0 fully saturated rings. The van der Waals surface area contributed by atoms with Gasteiger partial charge >= 0.3 is 17.9 Å². The van der Waals surface area contributed by atoms with E-state index in [1.807, 2.05) is 0 Å². The van der Waals surface area contributed by atoms with Crippen LogP contribution in [0.15, 0.2) is 24.3 Å². The number of benzene rings is 1. The van der Waals surface area contributed by atoms with Crippen LogP contribution in [0.1, 0.15) is 23.7 Å². The maximum Gasteiger partial charge on any atom is 0.339 e. The lowest BCUT2D eigenvalue weighted by Crippen LogP contribution is -2.14. The number of aromatic carboxylic acids is 1. The first-order valence-corrected chi connectivity index (χ1v) is 5.17. The number of carboxylic acids is 1. The lowest BCUT2D eigenvalue weighted by Gasteiger charge is -2.07. The topological polar surface area (TPSA) is 89.9 Å². The van der Waals surface area contributed by atoms with E-state index < -0.39 is 17.9 Å². The van der Waals surface area contributed by atoms with Crippen LogP contribution >= 0.6 is 0 Å². The highest BCUT2D eigenvalue weighted by Crippen LogP contribution is 2.18. The molecule has 1 aromatic carbocycles. The van der Waals surface area contributed by atoms with Gasteiger partial charge in [0.1, 0.15) is 17.9 Å². The Balaban J connectivity index is 2.59. The fourth-order valence-corrected chi connectivity index (χ4v) is 1.18. The van der Waals surface area contributed by atoms with Gasteiger partial charge in [-0.1, -0.05) is 12.1 Å². The number of carboxylic acid groups (broad SMARTS) is 1. The normalized spacial score (nSPS) is 9.61. The van der Waals surface area contributed by atoms with Crippen LogP contribution in [0.3, 0.4) is 0 Å². The first kappa shape index (κ1) is 13.7. The summed E-state index contributed by atoms with van der Waals surface area (Å²) in [6, 6.07) is 5.80. The summed E-state index contributed by atoms with van der Waals surface area (Å²) < 4.78 is 9.45. The highest BCUT2D eigenvalue weighted by molar-refractivity contribution is 5.91. The van der Waals surface area contributed by atoms with Gasteiger partial charge in [0, 0.05) is 6.92 Å². The van der Waals surface area contributed by atoms with Crippen LogP contribution in [-0.4, -0.2) is 29.6 Å². The summed E-state index contributed by atoms with van der Waals surface area (Å²) in [6.45, 7) is 1.13. The van der Waals surface area contributed by atoms with E-state index in [1.165, 1.54) is 25.1 Å². The Morgan fingerprint density at radius 2 is 1.89 bits per heavy atom. The van der Waals surface area contributed by atoms with Crippen molar-refractivity contribution in [3.8, 4) is 5.75 Å². The summed E-state index contributed by atoms with van der Waals surface area (Å²) in [5.74, 6) is -2.37. The molecule has 18 heavy (non-hydrogen) atoms. The summed E-state index contributed by atoms with van der Waals surface area (Å²) in [4.78, 5) is 32.7. The fraction of sp³-hybridized carbons (Fsp3) is 0.250. The highest BCUT2D eigenvalue weighted by atomic mass is 16.5. The van der Waals surface area contributed by atoms with Crippen LogP contribution < -0.4 is 4.74 Å². The van der Waals surface area contributed by atoms with Crippen LogP contribution in [0.2, 0.25) is 0 Å². The average Bonchev–Trinajstić information content (AvgIpc) is 2.28. The van der Waals surface area contributed by atoms with Crippen LogP contribution in [0.25, 0.3) is 0 Å². The van der Waals surface area contributed by atoms with Crippen LogP contribution in [0, 0.1) is 0 Å². The van der Waals surface area contributed by atoms with E-state index in [-0.39, 0.29) is 24.3 Å². The summed E-state index contributed by atoms with van der Waals surface area (Å²) in [5.41, 5.74) is -0.0988. The molecule has 96 valence electrons. The number of hydrogen-bond acceptors (Lipinski definition) is 5. The van der Waals surface area contributed by atoms with E-state index in [0.717, 1.165) is 0 Å². The van der Waals surface area contributed by atoms with Crippen molar-refractivity contribution in [2.24, 2.45) is 0 Å². The quantitative estimate of drug-likeness (QED) is 0.626. The Morgan fingerprint density at radius 1 is 1.22 bits per heavy atom. The van der Waals surface area contributed by atoms with Crippen LogP contribution in [-0.2, 0) is 14.3 Å². The number of carbonyl (C=O) groups excluding carboxylic acids is 2. The van der Waals surface area contributed by atoms with Gasteiger partial charge in [-0.15, -0.1) is 0 Å². The smallest absolute Gasteiger partial charge is 0.339 e. The third-order valence-corrected chi connectivity index (χ3v) is 1.95. The number of ether oxygens (including phenoxy) is 2. The lowest BCUT2D eigenvalue weighted by molar-refractivity contribution is -0.143. The zero-order valence-corrected chi connectivity index (χ0v) is 9.71. The van der Waals surface area contributed by atoms with Crippen molar-refractivity contribution in [1.29, 1.82) is 0 Å². The van der Waals surface area contributed by atoms with E-state index in [4.69, 9.17) is 9.84 Å². The molecular weight excluding hydrogens is 240 g/mol. The number of esters is 2. The predicted molar refractivity (Wildman–Crippen MR) is 60.3 cm³/mol. The van der Waals surface area contributed by atoms with Crippen molar-refractivity contribution in [2.45, 2.75) is 13.3 Å². The number of rotatable bonds is 5. The molecule has 0 aliphatic rings. The molecule has 0 heterocycles. The van der Waals surface area contributed by atoms with Crippen molar-refractivity contribution >= 4 is 17.9 Å². The summed E-state index contributed by atoms with van der Waals surface area (Å²) in [7, 11) is 0. The van der Waals surface area contributed by atoms with Gasteiger partial charge in [-0.05, 0) is 12.1 Å². The molecule has 6 nitrogen and oxygen atoms in total. The zero-order chi connectivity index (χ0) is 13.5. The Bertz CT molecular complexity index is 465. The molecule has 6 heteroatoms. The maximum atomic E-state index is 11.4. The lowest BCUT2D eigenvalue weighted by atomic mass is 10.2. The van der Waals surface area contributed by atoms with Gasteiger partial charge in [-0.25, -0.2) is 4.79 Å². The van der Waals surface area contributed by atoms with Crippen molar-refractivity contribution < 1.29 is 29.0 Å². The van der Waals surface area contributed by atoms with Gasteiger partial charge in [0.2, 0.25) is 0 Å². The second kappa shape index (κ2) is 6.39. The Kier molecular flexibility index (Phi) is 4.86. The summed E-state index contributed by atoms with van der Waals surface area (Å²) in [5, 5.41) is 8.87. The second-order valence-corrected chi connectivity index (χ2v) is 3.37. The van der Waals surface area contributed by atoms with Crippen LogP contribution in [0.4, 0.5) is 0 Å². The third kappa shape index (κ3) is 4.25. The van der Waals surface area contributed by atoms with E-state index in [9.17, 15) is 14.4 Å². The molecule has 1 aromatic rings. The highest BCUT2D eigenvalue weighted by Gasteiger charge is 2.13.